The summed E-state index contributed by atoms with van der Waals surface area (Å²) >= 11 is 7.62. The van der Waals surface area contributed by atoms with Crippen LogP contribution in [0.3, 0.4) is 0 Å². The highest BCUT2D eigenvalue weighted by atomic mass is 35.5. The highest BCUT2D eigenvalue weighted by Gasteiger charge is 2.04. The average Bonchev–Trinajstić information content (AvgIpc) is 2.42. The van der Waals surface area contributed by atoms with Crippen LogP contribution in [-0.2, 0) is 4.79 Å². The van der Waals surface area contributed by atoms with E-state index in [9.17, 15) is 4.79 Å². The van der Waals surface area contributed by atoms with E-state index >= 15 is 0 Å². The number of hydrogen-bond donors (Lipinski definition) is 1. The molecule has 19 heavy (non-hydrogen) atoms. The van der Waals surface area contributed by atoms with Gasteiger partial charge in [0.15, 0.2) is 0 Å². The first kappa shape index (κ1) is 13.9. The lowest BCUT2D eigenvalue weighted by molar-refractivity contribution is -0.115. The summed E-state index contributed by atoms with van der Waals surface area (Å²) in [5.74, 6) is 0.687. The molecule has 0 bridgehead atoms. The fourth-order valence-electron chi connectivity index (χ4n) is 1.47. The molecule has 1 amide bonds. The lowest BCUT2D eigenvalue weighted by Gasteiger charge is -2.05. The summed E-state index contributed by atoms with van der Waals surface area (Å²) in [7, 11) is 0. The molecule has 0 spiro atoms. The van der Waals surface area contributed by atoms with Crippen molar-refractivity contribution in [3.05, 3.63) is 53.8 Å². The number of carbonyl (C=O) groups is 1. The van der Waals surface area contributed by atoms with Crippen LogP contribution >= 0.6 is 23.4 Å². The number of anilines is 1. The van der Waals surface area contributed by atoms with E-state index in [4.69, 9.17) is 11.6 Å². The zero-order chi connectivity index (χ0) is 13.5. The normalized spacial score (nSPS) is 10.2. The van der Waals surface area contributed by atoms with E-state index in [0.717, 1.165) is 15.6 Å². The lowest BCUT2D eigenvalue weighted by Crippen LogP contribution is -2.12. The van der Waals surface area contributed by atoms with Crippen molar-refractivity contribution in [3.8, 4) is 0 Å². The van der Waals surface area contributed by atoms with Gasteiger partial charge >= 0.3 is 0 Å². The molecule has 2 aromatic rings. The number of nitrogens with zero attached hydrogens (tertiary/aromatic N) is 1. The Morgan fingerprint density at radius 3 is 2.68 bits per heavy atom. The Bertz CT molecular complexity index is 548. The van der Waals surface area contributed by atoms with Crippen LogP contribution in [0.4, 0.5) is 5.69 Å². The summed E-state index contributed by atoms with van der Waals surface area (Å²) in [6.07, 6.45) is 3.74. The summed E-state index contributed by atoms with van der Waals surface area (Å²) in [6, 6.07) is 11.2. The van der Waals surface area contributed by atoms with E-state index < -0.39 is 0 Å². The van der Waals surface area contributed by atoms with E-state index in [1.807, 2.05) is 24.3 Å². The molecular weight excluding hydrogens is 280 g/mol. The van der Waals surface area contributed by atoms with Crippen LogP contribution in [0.15, 0.2) is 53.7 Å². The van der Waals surface area contributed by atoms with E-state index in [2.05, 4.69) is 10.3 Å². The van der Waals surface area contributed by atoms with E-state index in [1.54, 1.807) is 36.3 Å². The molecule has 0 atom stereocenters. The molecule has 0 saturated heterocycles. The Hall–Kier alpha value is -1.52. The molecule has 2 rings (SSSR count). The largest absolute Gasteiger partial charge is 0.326 e. The minimum Gasteiger partial charge on any atom is -0.326 e. The van der Waals surface area contributed by atoms with Crippen LogP contribution in [0.25, 0.3) is 0 Å². The van der Waals surface area contributed by atoms with Crippen LogP contribution < -0.4 is 5.32 Å². The Kier molecular flexibility index (Phi) is 5.24. The molecule has 5 heteroatoms. The van der Waals surface area contributed by atoms with Gasteiger partial charge in [0.2, 0.25) is 5.91 Å². The predicted octanol–water partition coefficient (Wildman–Crippen LogP) is 3.86. The van der Waals surface area contributed by atoms with Gasteiger partial charge in [-0.05, 0) is 24.3 Å². The summed E-state index contributed by atoms with van der Waals surface area (Å²) < 4.78 is 0. The van der Waals surface area contributed by atoms with Crippen molar-refractivity contribution in [2.45, 2.75) is 11.3 Å². The molecule has 0 saturated carbocycles. The van der Waals surface area contributed by atoms with Crippen molar-refractivity contribution in [2.75, 3.05) is 11.1 Å². The summed E-state index contributed by atoms with van der Waals surface area (Å²) in [5, 5.41) is 3.54. The van der Waals surface area contributed by atoms with Crippen LogP contribution in [0.2, 0.25) is 5.02 Å². The van der Waals surface area contributed by atoms with Crippen LogP contribution in [0.5, 0.6) is 0 Å². The van der Waals surface area contributed by atoms with E-state index in [0.29, 0.717) is 12.2 Å². The maximum atomic E-state index is 11.7. The third kappa shape index (κ3) is 4.58. The minimum absolute atomic E-state index is 0.00856. The number of aromatic nitrogens is 1. The smallest absolute Gasteiger partial charge is 0.225 e. The molecule has 1 N–H and O–H groups in total. The second kappa shape index (κ2) is 7.16. The molecule has 0 aliphatic rings. The molecule has 0 unspecified atom stereocenters. The predicted molar refractivity (Wildman–Crippen MR) is 79.7 cm³/mol. The summed E-state index contributed by atoms with van der Waals surface area (Å²) in [6.45, 7) is 0. The summed E-state index contributed by atoms with van der Waals surface area (Å²) in [5.41, 5.74) is 0.766. The monoisotopic (exact) mass is 292 g/mol. The van der Waals surface area contributed by atoms with Gasteiger partial charge in [-0.1, -0.05) is 23.7 Å². The van der Waals surface area contributed by atoms with Gasteiger partial charge in [0.1, 0.15) is 0 Å². The minimum atomic E-state index is -0.00856. The molecule has 0 aliphatic heterocycles. The molecular formula is C14H13ClN2OS. The van der Waals surface area contributed by atoms with E-state index in [-0.39, 0.29) is 5.91 Å². The number of amides is 1. The van der Waals surface area contributed by atoms with Crippen molar-refractivity contribution in [3.63, 3.8) is 0 Å². The topological polar surface area (TPSA) is 42.0 Å². The zero-order valence-electron chi connectivity index (χ0n) is 10.2. The van der Waals surface area contributed by atoms with Crippen molar-refractivity contribution >= 4 is 35.0 Å². The highest BCUT2D eigenvalue weighted by molar-refractivity contribution is 7.99. The molecule has 1 heterocycles. The molecule has 1 aromatic carbocycles. The van der Waals surface area contributed by atoms with Crippen molar-refractivity contribution < 1.29 is 4.79 Å². The van der Waals surface area contributed by atoms with Crippen LogP contribution in [0, 0.1) is 0 Å². The third-order valence-corrected chi connectivity index (χ3v) is 3.90. The third-order valence-electron chi connectivity index (χ3n) is 2.39. The van der Waals surface area contributed by atoms with Gasteiger partial charge in [-0.2, -0.15) is 0 Å². The van der Waals surface area contributed by atoms with Gasteiger partial charge in [-0.25, -0.2) is 0 Å². The number of halogens is 1. The van der Waals surface area contributed by atoms with Gasteiger partial charge in [0.05, 0.1) is 5.02 Å². The summed E-state index contributed by atoms with van der Waals surface area (Å²) in [4.78, 5) is 16.6. The maximum Gasteiger partial charge on any atom is 0.225 e. The molecule has 98 valence electrons. The number of nitrogens with one attached hydrogen (secondary N) is 1. The number of thioether (sulfide) groups is 1. The van der Waals surface area contributed by atoms with Crippen molar-refractivity contribution in [2.24, 2.45) is 0 Å². The molecule has 0 fully saturated rings. The molecule has 0 radical (unpaired) electrons. The standard InChI is InChI=1S/C14H13ClN2OS/c15-12-3-1-2-4-13(12)19-10-7-14(18)17-11-5-8-16-9-6-11/h1-6,8-9H,7,10H2,(H,16,17,18). The Morgan fingerprint density at radius 2 is 1.95 bits per heavy atom. The van der Waals surface area contributed by atoms with Crippen molar-refractivity contribution in [1.29, 1.82) is 0 Å². The first-order valence-corrected chi connectivity index (χ1v) is 7.19. The number of hydrogen-bond acceptors (Lipinski definition) is 3. The average molecular weight is 293 g/mol. The second-order valence-electron chi connectivity index (χ2n) is 3.81. The Morgan fingerprint density at radius 1 is 1.21 bits per heavy atom. The maximum absolute atomic E-state index is 11.7. The number of rotatable bonds is 5. The Labute approximate surface area is 121 Å². The first-order valence-electron chi connectivity index (χ1n) is 5.83. The van der Waals surface area contributed by atoms with Gasteiger partial charge in [0, 0.05) is 35.2 Å². The molecule has 1 aromatic heterocycles. The van der Waals surface area contributed by atoms with Gasteiger partial charge < -0.3 is 5.32 Å². The number of carbonyl (C=O) groups excluding carboxylic acids is 1. The SMILES string of the molecule is O=C(CCSc1ccccc1Cl)Nc1ccncc1. The fourth-order valence-corrected chi connectivity index (χ4v) is 2.66. The van der Waals surface area contributed by atoms with Gasteiger partial charge in [-0.3, -0.25) is 9.78 Å². The molecule has 0 aliphatic carbocycles. The quantitative estimate of drug-likeness (QED) is 0.851. The van der Waals surface area contributed by atoms with Crippen LogP contribution in [-0.4, -0.2) is 16.6 Å². The van der Waals surface area contributed by atoms with Gasteiger partial charge in [0.25, 0.3) is 0 Å². The highest BCUT2D eigenvalue weighted by Crippen LogP contribution is 2.26. The zero-order valence-corrected chi connectivity index (χ0v) is 11.7. The lowest BCUT2D eigenvalue weighted by atomic mass is 10.4. The number of benzene rings is 1. The second-order valence-corrected chi connectivity index (χ2v) is 5.36. The van der Waals surface area contributed by atoms with E-state index in [1.165, 1.54) is 0 Å². The first-order chi connectivity index (χ1) is 9.25. The van der Waals surface area contributed by atoms with Crippen molar-refractivity contribution in [1.82, 2.24) is 4.98 Å². The fraction of sp³-hybridized carbons (Fsp3) is 0.143. The molecule has 3 nitrogen and oxygen atoms in total. The van der Waals surface area contributed by atoms with Gasteiger partial charge in [-0.15, -0.1) is 11.8 Å². The Balaban J connectivity index is 1.77. The van der Waals surface area contributed by atoms with Crippen LogP contribution in [0.1, 0.15) is 6.42 Å². The number of pyridine rings is 1.